The molecule has 122 valence electrons. The first-order chi connectivity index (χ1) is 9.85. The van der Waals surface area contributed by atoms with Crippen LogP contribution in [-0.4, -0.2) is 57.0 Å². The quantitative estimate of drug-likeness (QED) is 0.644. The molecule has 0 aliphatic heterocycles. The number of nitrogens with zero attached hydrogens (tertiary/aromatic N) is 2. The second kappa shape index (κ2) is 8.51. The van der Waals surface area contributed by atoms with E-state index in [1.54, 1.807) is 7.11 Å². The zero-order chi connectivity index (χ0) is 15.9. The van der Waals surface area contributed by atoms with Crippen molar-refractivity contribution in [1.29, 1.82) is 0 Å². The Balaban J connectivity index is 2.51. The first kappa shape index (κ1) is 18.1. The van der Waals surface area contributed by atoms with Gasteiger partial charge in [-0.25, -0.2) is 8.42 Å². The third-order valence-corrected chi connectivity index (χ3v) is 4.48. The predicted octanol–water partition coefficient (Wildman–Crippen LogP) is 0.713. The molecule has 0 aliphatic rings. The van der Waals surface area contributed by atoms with Gasteiger partial charge < -0.3 is 10.1 Å². The zero-order valence-corrected chi connectivity index (χ0v) is 14.3. The maximum Gasteiger partial charge on any atom is 0.147 e. The van der Waals surface area contributed by atoms with E-state index in [2.05, 4.69) is 10.4 Å². The number of aryl methyl sites for hydroxylation is 2. The normalized spacial score (nSPS) is 12.0. The first-order valence-corrected chi connectivity index (χ1v) is 9.31. The fourth-order valence-electron chi connectivity index (χ4n) is 2.30. The molecule has 0 saturated heterocycles. The van der Waals surface area contributed by atoms with E-state index in [-0.39, 0.29) is 5.75 Å². The van der Waals surface area contributed by atoms with E-state index >= 15 is 0 Å². The molecular formula is C14H27N3O3S. The van der Waals surface area contributed by atoms with Crippen molar-refractivity contribution in [2.75, 3.05) is 38.8 Å². The van der Waals surface area contributed by atoms with E-state index in [0.717, 1.165) is 30.9 Å². The van der Waals surface area contributed by atoms with Gasteiger partial charge in [0.15, 0.2) is 0 Å². The summed E-state index contributed by atoms with van der Waals surface area (Å²) in [7, 11) is -1.21. The van der Waals surface area contributed by atoms with Crippen molar-refractivity contribution < 1.29 is 13.2 Å². The lowest BCUT2D eigenvalue weighted by atomic mass is 10.1. The number of hydrogen-bond acceptors (Lipinski definition) is 5. The second-order valence-electron chi connectivity index (χ2n) is 5.35. The molecule has 1 aromatic rings. The van der Waals surface area contributed by atoms with Crippen molar-refractivity contribution in [2.24, 2.45) is 0 Å². The van der Waals surface area contributed by atoms with Crippen LogP contribution in [0.4, 0.5) is 0 Å². The molecule has 1 N–H and O–H groups in total. The number of hydrogen-bond donors (Lipinski definition) is 1. The Bertz CT molecular complexity index is 538. The lowest BCUT2D eigenvalue weighted by Gasteiger charge is -2.06. The van der Waals surface area contributed by atoms with E-state index in [1.807, 2.05) is 18.5 Å². The molecule has 21 heavy (non-hydrogen) atoms. The van der Waals surface area contributed by atoms with Crippen LogP contribution in [0, 0.1) is 13.8 Å². The molecule has 0 spiro atoms. The number of sulfone groups is 1. The topological polar surface area (TPSA) is 73.2 Å². The monoisotopic (exact) mass is 317 g/mol. The Hall–Kier alpha value is -0.920. The molecule has 0 unspecified atom stereocenters. The first-order valence-electron chi connectivity index (χ1n) is 7.25. The molecule has 0 amide bonds. The van der Waals surface area contributed by atoms with Crippen LogP contribution in [0.3, 0.4) is 0 Å². The molecule has 0 fully saturated rings. The molecular weight excluding hydrogens is 290 g/mol. The van der Waals surface area contributed by atoms with Gasteiger partial charge in [0.05, 0.1) is 18.1 Å². The number of ether oxygens (including phenoxy) is 1. The average Bonchev–Trinajstić information content (AvgIpc) is 2.64. The van der Waals surface area contributed by atoms with E-state index < -0.39 is 9.84 Å². The van der Waals surface area contributed by atoms with Crippen molar-refractivity contribution >= 4 is 9.84 Å². The van der Waals surface area contributed by atoms with Crippen LogP contribution in [0.15, 0.2) is 0 Å². The van der Waals surface area contributed by atoms with Crippen LogP contribution >= 0.6 is 0 Å². The third kappa shape index (κ3) is 6.58. The highest BCUT2D eigenvalue weighted by molar-refractivity contribution is 7.90. The smallest absolute Gasteiger partial charge is 0.147 e. The highest BCUT2D eigenvalue weighted by atomic mass is 32.2. The molecule has 6 nitrogen and oxygen atoms in total. The Labute approximate surface area is 127 Å². The Kier molecular flexibility index (Phi) is 7.34. The molecule has 0 bridgehead atoms. The van der Waals surface area contributed by atoms with Crippen molar-refractivity contribution in [3.05, 3.63) is 17.0 Å². The minimum atomic E-state index is -2.90. The molecule has 0 atom stereocenters. The van der Waals surface area contributed by atoms with E-state index in [1.165, 1.54) is 11.8 Å². The van der Waals surface area contributed by atoms with Crippen LogP contribution < -0.4 is 5.32 Å². The second-order valence-corrected chi connectivity index (χ2v) is 7.61. The predicted molar refractivity (Wildman–Crippen MR) is 84.5 cm³/mol. The number of aromatic nitrogens is 2. The number of nitrogens with one attached hydrogen (secondary N) is 1. The van der Waals surface area contributed by atoms with Gasteiger partial charge in [-0.05, 0) is 38.8 Å². The van der Waals surface area contributed by atoms with Gasteiger partial charge in [0.2, 0.25) is 0 Å². The summed E-state index contributed by atoms with van der Waals surface area (Å²) in [5, 5.41) is 7.83. The van der Waals surface area contributed by atoms with Crippen LogP contribution in [0.1, 0.15) is 23.4 Å². The van der Waals surface area contributed by atoms with E-state index in [9.17, 15) is 8.42 Å². The summed E-state index contributed by atoms with van der Waals surface area (Å²) in [4.78, 5) is 0. The van der Waals surface area contributed by atoms with Gasteiger partial charge in [0.25, 0.3) is 0 Å². The van der Waals surface area contributed by atoms with Crippen molar-refractivity contribution in [3.63, 3.8) is 0 Å². The van der Waals surface area contributed by atoms with Gasteiger partial charge in [0, 0.05) is 32.1 Å². The SMILES string of the molecule is COCCNCCc1c(C)nn(CCCS(C)(=O)=O)c1C. The summed E-state index contributed by atoms with van der Waals surface area (Å²) >= 11 is 0. The summed E-state index contributed by atoms with van der Waals surface area (Å²) in [5.41, 5.74) is 3.41. The van der Waals surface area contributed by atoms with Crippen LogP contribution in [0.25, 0.3) is 0 Å². The highest BCUT2D eigenvalue weighted by Gasteiger charge is 2.11. The third-order valence-electron chi connectivity index (χ3n) is 3.45. The molecule has 0 aromatic carbocycles. The Morgan fingerprint density at radius 3 is 2.62 bits per heavy atom. The largest absolute Gasteiger partial charge is 0.383 e. The highest BCUT2D eigenvalue weighted by Crippen LogP contribution is 2.14. The van der Waals surface area contributed by atoms with E-state index in [0.29, 0.717) is 19.6 Å². The molecule has 1 rings (SSSR count). The van der Waals surface area contributed by atoms with Crippen molar-refractivity contribution in [2.45, 2.75) is 33.2 Å². The molecule has 1 heterocycles. The minimum Gasteiger partial charge on any atom is -0.383 e. The maximum absolute atomic E-state index is 11.2. The Morgan fingerprint density at radius 2 is 2.00 bits per heavy atom. The Morgan fingerprint density at radius 1 is 1.29 bits per heavy atom. The van der Waals surface area contributed by atoms with Gasteiger partial charge in [-0.15, -0.1) is 0 Å². The molecule has 0 saturated carbocycles. The van der Waals surface area contributed by atoms with E-state index in [4.69, 9.17) is 4.74 Å². The van der Waals surface area contributed by atoms with Crippen molar-refractivity contribution in [1.82, 2.24) is 15.1 Å². The van der Waals surface area contributed by atoms with Crippen LogP contribution in [-0.2, 0) is 27.5 Å². The van der Waals surface area contributed by atoms with Gasteiger partial charge in [-0.1, -0.05) is 0 Å². The van der Waals surface area contributed by atoms with Gasteiger partial charge in [0.1, 0.15) is 9.84 Å². The summed E-state index contributed by atoms with van der Waals surface area (Å²) < 4.78 is 29.2. The minimum absolute atomic E-state index is 0.208. The number of methoxy groups -OCH3 is 1. The fraction of sp³-hybridized carbons (Fsp3) is 0.786. The summed E-state index contributed by atoms with van der Waals surface area (Å²) in [6, 6.07) is 0. The molecule has 1 aromatic heterocycles. The van der Waals surface area contributed by atoms with Gasteiger partial charge in [-0.2, -0.15) is 5.10 Å². The lowest BCUT2D eigenvalue weighted by Crippen LogP contribution is -2.22. The number of rotatable bonds is 10. The van der Waals surface area contributed by atoms with Gasteiger partial charge >= 0.3 is 0 Å². The maximum atomic E-state index is 11.2. The molecule has 0 radical (unpaired) electrons. The summed E-state index contributed by atoms with van der Waals surface area (Å²) in [5.74, 6) is 0.208. The van der Waals surface area contributed by atoms with Crippen molar-refractivity contribution in [3.8, 4) is 0 Å². The van der Waals surface area contributed by atoms with Crippen LogP contribution in [0.2, 0.25) is 0 Å². The standard InChI is InChI=1S/C14H27N3O3S/c1-12-14(6-7-15-8-10-20-3)13(2)17(16-12)9-5-11-21(4,18)19/h15H,5-11H2,1-4H3. The summed E-state index contributed by atoms with van der Waals surface area (Å²) in [6.45, 7) is 7.15. The lowest BCUT2D eigenvalue weighted by molar-refractivity contribution is 0.199. The fourth-order valence-corrected chi connectivity index (χ4v) is 2.96. The molecule has 0 aliphatic carbocycles. The average molecular weight is 317 g/mol. The summed E-state index contributed by atoms with van der Waals surface area (Å²) in [6.07, 6.45) is 2.80. The van der Waals surface area contributed by atoms with Gasteiger partial charge in [-0.3, -0.25) is 4.68 Å². The molecule has 7 heteroatoms. The zero-order valence-electron chi connectivity index (χ0n) is 13.5. The van der Waals surface area contributed by atoms with Crippen LogP contribution in [0.5, 0.6) is 0 Å².